The molecule has 2 aliphatic rings. The average molecular weight is 645 g/mol. The molecule has 0 N–H and O–H groups in total. The predicted octanol–water partition coefficient (Wildman–Crippen LogP) is 6.82. The van der Waals surface area contributed by atoms with E-state index in [1.807, 2.05) is 43.3 Å². The van der Waals surface area contributed by atoms with Crippen LogP contribution in [0.2, 0.25) is 0 Å². The molecule has 44 heavy (non-hydrogen) atoms. The highest BCUT2D eigenvalue weighted by Crippen LogP contribution is 2.53. The fourth-order valence-corrected chi connectivity index (χ4v) is 13.2. The first kappa shape index (κ1) is 30.2. The Hall–Kier alpha value is -3.79. The largest absolute Gasteiger partial charge is 0.222 e. The van der Waals surface area contributed by atoms with E-state index in [-0.39, 0.29) is 38.9 Å². The van der Waals surface area contributed by atoms with E-state index in [2.05, 4.69) is 0 Å². The summed E-state index contributed by atoms with van der Waals surface area (Å²) in [6, 6.07) is 31.2. The van der Waals surface area contributed by atoms with Gasteiger partial charge in [-0.1, -0.05) is 102 Å². The quantitative estimate of drug-likeness (QED) is 0.205. The van der Waals surface area contributed by atoms with E-state index in [1.165, 1.54) is 24.3 Å². The smallest absolute Gasteiger partial charge is 0.203 e. The molecular weight excluding hydrogens is 613 g/mol. The average Bonchev–Trinajstić information content (AvgIpc) is 3.05. The van der Waals surface area contributed by atoms with Gasteiger partial charge < -0.3 is 0 Å². The number of allylic oxidation sites excluding steroid dienone is 4. The number of benzene rings is 4. The van der Waals surface area contributed by atoms with Crippen LogP contribution in [0.1, 0.15) is 36.3 Å². The molecule has 1 saturated carbocycles. The van der Waals surface area contributed by atoms with Crippen molar-refractivity contribution in [1.82, 2.24) is 0 Å². The second kappa shape index (κ2) is 11.3. The van der Waals surface area contributed by atoms with Gasteiger partial charge in [-0.15, -0.1) is 0 Å². The second-order valence-corrected chi connectivity index (χ2v) is 18.1. The summed E-state index contributed by atoms with van der Waals surface area (Å²) in [6.45, 7) is 1.88. The molecular formula is C35H32O6S3. The van der Waals surface area contributed by atoms with Crippen LogP contribution in [0.5, 0.6) is 0 Å². The number of hydrogen-bond acceptors (Lipinski definition) is 6. The third-order valence-corrected chi connectivity index (χ3v) is 16.4. The van der Waals surface area contributed by atoms with E-state index in [1.54, 1.807) is 66.7 Å². The molecule has 6 rings (SSSR count). The van der Waals surface area contributed by atoms with E-state index >= 15 is 0 Å². The van der Waals surface area contributed by atoms with Crippen LogP contribution in [-0.4, -0.2) is 29.3 Å². The lowest BCUT2D eigenvalue weighted by molar-refractivity contribution is 0.437. The zero-order valence-corrected chi connectivity index (χ0v) is 26.5. The fraction of sp³-hybridized carbons (Fsp3) is 0.200. The second-order valence-electron chi connectivity index (χ2n) is 11.4. The molecule has 0 amide bonds. The number of rotatable bonds is 7. The van der Waals surface area contributed by atoms with E-state index in [0.717, 1.165) is 16.7 Å². The Labute approximate surface area is 259 Å². The summed E-state index contributed by atoms with van der Waals surface area (Å²) in [5.41, 5.74) is 2.53. The molecule has 0 heterocycles. The molecule has 0 spiro atoms. The minimum atomic E-state index is -4.45. The fourth-order valence-electron chi connectivity index (χ4n) is 6.35. The standard InChI is InChI=1S/C35H32O6S3/c1-26-17-19-30(20-18-26)42(36,37)34-24-29-25-35(43(38,39)31-13-7-3-8-14-31,44(40,41)32-15-9-4-10-16-32)22-21-28(29)23-33(34)27-11-5-2-6-12-27/h2-20,23-24,29,33H,21-22,25H2,1H3. The highest BCUT2D eigenvalue weighted by molar-refractivity contribution is 8.10. The summed E-state index contributed by atoms with van der Waals surface area (Å²) in [5, 5.41) is 0. The van der Waals surface area contributed by atoms with Gasteiger partial charge in [0.15, 0.2) is 23.8 Å². The zero-order chi connectivity index (χ0) is 31.2. The van der Waals surface area contributed by atoms with E-state index in [4.69, 9.17) is 0 Å². The Morgan fingerprint density at radius 2 is 1.09 bits per heavy atom. The molecule has 4 aromatic rings. The summed E-state index contributed by atoms with van der Waals surface area (Å²) in [7, 11) is -12.9. The van der Waals surface area contributed by atoms with Gasteiger partial charge in [-0.05, 0) is 68.1 Å². The topological polar surface area (TPSA) is 102 Å². The van der Waals surface area contributed by atoms with Crippen molar-refractivity contribution in [2.24, 2.45) is 5.92 Å². The minimum absolute atomic E-state index is 0.0820. The molecule has 0 radical (unpaired) electrons. The summed E-state index contributed by atoms with van der Waals surface area (Å²) in [6.07, 6.45) is 3.23. The van der Waals surface area contributed by atoms with Gasteiger partial charge in [-0.2, -0.15) is 0 Å². The van der Waals surface area contributed by atoms with Crippen LogP contribution in [0.25, 0.3) is 0 Å². The number of aryl methyl sites for hydroxylation is 1. The normalized spacial score (nSPS) is 20.2. The molecule has 226 valence electrons. The lowest BCUT2D eigenvalue weighted by atomic mass is 9.77. The van der Waals surface area contributed by atoms with Crippen molar-refractivity contribution in [3.63, 3.8) is 0 Å². The Balaban J connectivity index is 1.55. The number of sulfone groups is 3. The van der Waals surface area contributed by atoms with Crippen molar-refractivity contribution in [3.05, 3.63) is 149 Å². The van der Waals surface area contributed by atoms with Gasteiger partial charge in [0.2, 0.25) is 9.84 Å². The molecule has 2 unspecified atom stereocenters. The molecule has 0 aliphatic heterocycles. The molecule has 2 aliphatic carbocycles. The summed E-state index contributed by atoms with van der Waals surface area (Å²) >= 11 is 0. The van der Waals surface area contributed by atoms with Crippen molar-refractivity contribution in [3.8, 4) is 0 Å². The van der Waals surface area contributed by atoms with Gasteiger partial charge in [0.05, 0.1) is 19.6 Å². The van der Waals surface area contributed by atoms with Crippen molar-refractivity contribution in [2.45, 2.75) is 50.9 Å². The lowest BCUT2D eigenvalue weighted by Gasteiger charge is -2.42. The molecule has 0 bridgehead atoms. The van der Waals surface area contributed by atoms with Crippen molar-refractivity contribution in [2.75, 3.05) is 0 Å². The third-order valence-electron chi connectivity index (χ3n) is 8.74. The maximum Gasteiger partial charge on any atom is 0.203 e. The van der Waals surface area contributed by atoms with Gasteiger partial charge in [-0.3, -0.25) is 0 Å². The molecule has 2 atom stereocenters. The SMILES string of the molecule is Cc1ccc(S(=O)(=O)C2=CC3CC(S(=O)(=O)c4ccccc4)(S(=O)(=O)c4ccccc4)CCC3=CC2c2ccccc2)cc1. The van der Waals surface area contributed by atoms with E-state index in [0.29, 0.717) is 0 Å². The highest BCUT2D eigenvalue weighted by Gasteiger charge is 2.59. The van der Waals surface area contributed by atoms with Crippen LogP contribution in [0, 0.1) is 12.8 Å². The first-order valence-electron chi connectivity index (χ1n) is 14.4. The molecule has 0 aromatic heterocycles. The predicted molar refractivity (Wildman–Crippen MR) is 171 cm³/mol. The van der Waals surface area contributed by atoms with Crippen LogP contribution in [0.15, 0.2) is 153 Å². The Morgan fingerprint density at radius 3 is 1.61 bits per heavy atom. The van der Waals surface area contributed by atoms with Gasteiger partial charge in [0, 0.05) is 11.8 Å². The monoisotopic (exact) mass is 644 g/mol. The Morgan fingerprint density at radius 1 is 0.591 bits per heavy atom. The molecule has 1 fully saturated rings. The van der Waals surface area contributed by atoms with Crippen molar-refractivity contribution >= 4 is 29.5 Å². The van der Waals surface area contributed by atoms with Crippen molar-refractivity contribution < 1.29 is 25.3 Å². The maximum atomic E-state index is 14.5. The van der Waals surface area contributed by atoms with Crippen LogP contribution >= 0.6 is 0 Å². The van der Waals surface area contributed by atoms with Crippen LogP contribution < -0.4 is 0 Å². The van der Waals surface area contributed by atoms with Crippen LogP contribution in [0.3, 0.4) is 0 Å². The minimum Gasteiger partial charge on any atom is -0.222 e. The van der Waals surface area contributed by atoms with E-state index < -0.39 is 45.4 Å². The van der Waals surface area contributed by atoms with Gasteiger partial charge in [0.1, 0.15) is 0 Å². The molecule has 4 aromatic carbocycles. The van der Waals surface area contributed by atoms with Gasteiger partial charge in [-0.25, -0.2) is 25.3 Å². The summed E-state index contributed by atoms with van der Waals surface area (Å²) < 4.78 is 84.2. The Bertz CT molecular complexity index is 2000. The lowest BCUT2D eigenvalue weighted by Crippen LogP contribution is -2.50. The maximum absolute atomic E-state index is 14.5. The van der Waals surface area contributed by atoms with E-state index in [9.17, 15) is 25.3 Å². The molecule has 0 saturated heterocycles. The van der Waals surface area contributed by atoms with Gasteiger partial charge in [0.25, 0.3) is 0 Å². The third kappa shape index (κ3) is 4.97. The number of fused-ring (bicyclic) bond motifs is 1. The molecule has 9 heteroatoms. The van der Waals surface area contributed by atoms with Crippen LogP contribution in [0.4, 0.5) is 0 Å². The zero-order valence-electron chi connectivity index (χ0n) is 24.1. The summed E-state index contributed by atoms with van der Waals surface area (Å²) in [4.78, 5) is 0.0807. The first-order valence-corrected chi connectivity index (χ1v) is 18.8. The highest BCUT2D eigenvalue weighted by atomic mass is 32.3. The van der Waals surface area contributed by atoms with Gasteiger partial charge >= 0.3 is 0 Å². The Kier molecular flexibility index (Phi) is 7.76. The number of hydrogen-bond donors (Lipinski definition) is 0. The van der Waals surface area contributed by atoms with Crippen LogP contribution in [-0.2, 0) is 29.5 Å². The summed E-state index contributed by atoms with van der Waals surface area (Å²) in [5.74, 6) is -1.33. The first-order chi connectivity index (χ1) is 21.0. The molecule has 6 nitrogen and oxygen atoms in total. The van der Waals surface area contributed by atoms with Crippen molar-refractivity contribution in [1.29, 1.82) is 0 Å².